The summed E-state index contributed by atoms with van der Waals surface area (Å²) in [5.74, 6) is 1.76. The number of nitrogens with two attached hydrogens (primary N) is 2. The van der Waals surface area contributed by atoms with Crippen LogP contribution in [0.2, 0.25) is 0 Å². The number of anilines is 1. The molecule has 0 saturated carbocycles. The SMILES string of the molecule is C=C(O)C(C)(C)CC(/C=C/SC(=N)C(CC(C(C)C)N(CCCCCC)C(=O)CCCC)OCC)Cc1ccc(N)cc1.CC1CCNCC1.NC=O. The molecule has 1 aromatic carbocycles. The van der Waals surface area contributed by atoms with E-state index < -0.39 is 5.41 Å². The minimum Gasteiger partial charge on any atom is -0.512 e. The Morgan fingerprint density at radius 2 is 1.72 bits per heavy atom. The van der Waals surface area contributed by atoms with Crippen LogP contribution in [0.15, 0.2) is 48.1 Å². The second kappa shape index (κ2) is 29.5. The van der Waals surface area contributed by atoms with Crippen molar-refractivity contribution < 1.29 is 19.4 Å². The van der Waals surface area contributed by atoms with E-state index in [0.29, 0.717) is 30.9 Å². The maximum atomic E-state index is 13.4. The highest BCUT2D eigenvalue weighted by Crippen LogP contribution is 2.34. The summed E-state index contributed by atoms with van der Waals surface area (Å²) in [6, 6.07) is 7.92. The van der Waals surface area contributed by atoms with E-state index in [1.807, 2.05) is 50.4 Å². The third-order valence-corrected chi connectivity index (χ3v) is 10.6. The average Bonchev–Trinajstić information content (AvgIpc) is 3.11. The van der Waals surface area contributed by atoms with Gasteiger partial charge in [0.2, 0.25) is 12.3 Å². The number of primary amides is 1. The van der Waals surface area contributed by atoms with E-state index in [9.17, 15) is 9.90 Å². The lowest BCUT2D eigenvalue weighted by molar-refractivity contribution is -0.135. The van der Waals surface area contributed by atoms with Crippen LogP contribution in [0.5, 0.6) is 0 Å². The first-order valence-corrected chi connectivity index (χ1v) is 21.0. The third-order valence-electron chi connectivity index (χ3n) is 9.81. The number of hydrogen-bond acceptors (Lipinski definition) is 8. The average molecular weight is 760 g/mol. The van der Waals surface area contributed by atoms with Crippen molar-refractivity contribution in [1.29, 1.82) is 5.41 Å². The first-order valence-electron chi connectivity index (χ1n) is 20.1. The summed E-state index contributed by atoms with van der Waals surface area (Å²) in [5, 5.41) is 24.9. The van der Waals surface area contributed by atoms with Gasteiger partial charge >= 0.3 is 0 Å². The second-order valence-electron chi connectivity index (χ2n) is 15.4. The molecular weight excluding hydrogens is 683 g/mol. The smallest absolute Gasteiger partial charge is 0.222 e. The quantitative estimate of drug-likeness (QED) is 0.0197. The monoisotopic (exact) mass is 760 g/mol. The Balaban J connectivity index is 0.00000234. The number of thioether (sulfide) groups is 1. The zero-order valence-corrected chi connectivity index (χ0v) is 35.4. The normalized spacial score (nSPS) is 15.0. The van der Waals surface area contributed by atoms with Gasteiger partial charge in [0.05, 0.1) is 10.8 Å². The van der Waals surface area contributed by atoms with E-state index >= 15 is 0 Å². The van der Waals surface area contributed by atoms with Crippen molar-refractivity contribution in [2.24, 2.45) is 28.9 Å². The molecule has 0 bridgehead atoms. The number of carbonyl (C=O) groups excluding carboxylic acids is 2. The maximum Gasteiger partial charge on any atom is 0.222 e. The fourth-order valence-corrected chi connectivity index (χ4v) is 7.05. The number of amides is 2. The van der Waals surface area contributed by atoms with Crippen molar-refractivity contribution in [3.8, 4) is 0 Å². The van der Waals surface area contributed by atoms with E-state index in [2.05, 4.69) is 63.2 Å². The van der Waals surface area contributed by atoms with E-state index in [1.165, 1.54) is 56.1 Å². The van der Waals surface area contributed by atoms with Gasteiger partial charge in [0.1, 0.15) is 6.10 Å². The van der Waals surface area contributed by atoms with E-state index in [4.69, 9.17) is 20.7 Å². The van der Waals surface area contributed by atoms with Crippen molar-refractivity contribution in [2.75, 3.05) is 32.0 Å². The van der Waals surface area contributed by atoms with Crippen molar-refractivity contribution in [2.45, 2.75) is 145 Å². The fraction of sp³-hybridized carbons (Fsp3) is 0.698. The molecule has 2 amide bonds. The number of aliphatic hydroxyl groups is 1. The largest absolute Gasteiger partial charge is 0.512 e. The third kappa shape index (κ3) is 22.9. The van der Waals surface area contributed by atoms with Crippen LogP contribution in [0.4, 0.5) is 5.69 Å². The van der Waals surface area contributed by atoms with Crippen molar-refractivity contribution in [1.82, 2.24) is 10.2 Å². The van der Waals surface area contributed by atoms with Gasteiger partial charge in [-0.3, -0.25) is 15.0 Å². The molecule has 9 nitrogen and oxygen atoms in total. The topological polar surface area (TPSA) is 155 Å². The molecule has 1 aliphatic heterocycles. The molecule has 53 heavy (non-hydrogen) atoms. The van der Waals surface area contributed by atoms with Gasteiger partial charge in [0.25, 0.3) is 0 Å². The number of nitrogen functional groups attached to an aromatic ring is 1. The molecule has 10 heteroatoms. The summed E-state index contributed by atoms with van der Waals surface area (Å²) >= 11 is 1.38. The first-order chi connectivity index (χ1) is 25.2. The lowest BCUT2D eigenvalue weighted by atomic mass is 9.79. The number of unbranched alkanes of at least 4 members (excludes halogenated alkanes) is 4. The van der Waals surface area contributed by atoms with Crippen LogP contribution in [-0.4, -0.2) is 65.8 Å². The van der Waals surface area contributed by atoms with Gasteiger partial charge < -0.3 is 31.5 Å². The Kier molecular flexibility index (Phi) is 28.0. The van der Waals surface area contributed by atoms with Crippen LogP contribution < -0.4 is 16.8 Å². The number of allylic oxidation sites excluding steroid dienone is 2. The fourth-order valence-electron chi connectivity index (χ4n) is 6.29. The number of carbonyl (C=O) groups is 2. The van der Waals surface area contributed by atoms with Crippen LogP contribution in [0.25, 0.3) is 0 Å². The van der Waals surface area contributed by atoms with Gasteiger partial charge in [-0.05, 0) is 99.4 Å². The highest BCUT2D eigenvalue weighted by atomic mass is 32.2. The Morgan fingerprint density at radius 1 is 1.11 bits per heavy atom. The molecule has 1 fully saturated rings. The van der Waals surface area contributed by atoms with Crippen LogP contribution >= 0.6 is 11.8 Å². The molecular formula is C43H77N5O4S. The van der Waals surface area contributed by atoms with Gasteiger partial charge in [0.15, 0.2) is 0 Å². The number of nitrogens with zero attached hydrogens (tertiary/aromatic N) is 1. The number of rotatable bonds is 22. The highest BCUT2D eigenvalue weighted by Gasteiger charge is 2.31. The zero-order chi connectivity index (χ0) is 40.2. The molecule has 0 spiro atoms. The highest BCUT2D eigenvalue weighted by molar-refractivity contribution is 8.16. The molecule has 1 heterocycles. The number of nitrogens with one attached hydrogen (secondary N) is 2. The molecule has 0 aliphatic carbocycles. The molecule has 3 atom stereocenters. The zero-order valence-electron chi connectivity index (χ0n) is 34.6. The van der Waals surface area contributed by atoms with Gasteiger partial charge in [0, 0.05) is 43.1 Å². The molecule has 2 rings (SSSR count). The molecule has 0 radical (unpaired) electrons. The summed E-state index contributed by atoms with van der Waals surface area (Å²) in [6.45, 7) is 24.5. The summed E-state index contributed by atoms with van der Waals surface area (Å²) in [7, 11) is 0. The Bertz CT molecular complexity index is 1170. The van der Waals surface area contributed by atoms with Gasteiger partial charge in [-0.1, -0.05) is 111 Å². The Hall–Kier alpha value is -2.82. The molecule has 1 saturated heterocycles. The van der Waals surface area contributed by atoms with Crippen molar-refractivity contribution in [3.05, 3.63) is 53.7 Å². The summed E-state index contributed by atoms with van der Waals surface area (Å²) < 4.78 is 6.14. The van der Waals surface area contributed by atoms with Gasteiger partial charge in [-0.2, -0.15) is 0 Å². The van der Waals surface area contributed by atoms with Gasteiger partial charge in [-0.15, -0.1) is 0 Å². The number of piperidine rings is 1. The second-order valence-corrected chi connectivity index (χ2v) is 16.3. The van der Waals surface area contributed by atoms with E-state index in [1.54, 1.807) is 0 Å². The minimum atomic E-state index is -0.440. The van der Waals surface area contributed by atoms with Crippen molar-refractivity contribution in [3.63, 3.8) is 0 Å². The van der Waals surface area contributed by atoms with Crippen LogP contribution in [-0.2, 0) is 20.7 Å². The molecule has 0 aromatic heterocycles. The predicted molar refractivity (Wildman–Crippen MR) is 228 cm³/mol. The molecule has 304 valence electrons. The molecule has 3 unspecified atom stereocenters. The Morgan fingerprint density at radius 3 is 2.21 bits per heavy atom. The maximum absolute atomic E-state index is 13.4. The van der Waals surface area contributed by atoms with E-state index in [0.717, 1.165) is 50.3 Å². The standard InChI is InChI=1S/C36H61N3O3S.C6H13N.CH3NO/c1-9-12-14-15-22-39(34(41)16-13-10-2)32(27(4)5)25-33(42-11-3)35(38)43-23-21-30(26-36(7,8)28(6)40)24-29-17-19-31(37)20-18-29;1-6-2-4-7-5-3-6;2-1-3/h17-21,23,27,30,32-33,38,40H,6,9-16,22,24-26,37H2,1-5,7-8H3;6-7H,2-5H2,1H3;1H,(H2,2,3)/b23-21+,38-35?;;. The lowest BCUT2D eigenvalue weighted by Gasteiger charge is -2.37. The number of hydrogen-bond donors (Lipinski definition) is 5. The van der Waals surface area contributed by atoms with Gasteiger partial charge in [-0.25, -0.2) is 0 Å². The summed E-state index contributed by atoms with van der Waals surface area (Å²) in [6.07, 6.45) is 13.8. The first kappa shape index (κ1) is 50.2. The Labute approximate surface area is 328 Å². The van der Waals surface area contributed by atoms with Crippen LogP contribution in [0.1, 0.15) is 132 Å². The molecule has 7 N–H and O–H groups in total. The van der Waals surface area contributed by atoms with Crippen LogP contribution in [0.3, 0.4) is 0 Å². The lowest BCUT2D eigenvalue weighted by Crippen LogP contribution is -2.46. The number of aliphatic hydroxyl groups excluding tert-OH is 1. The number of ether oxygens (including phenoxy) is 1. The minimum absolute atomic E-state index is 0.0158. The summed E-state index contributed by atoms with van der Waals surface area (Å²) in [4.78, 5) is 24.1. The number of benzene rings is 1. The predicted octanol–water partition coefficient (Wildman–Crippen LogP) is 9.67. The van der Waals surface area contributed by atoms with Crippen LogP contribution in [0, 0.1) is 28.6 Å². The van der Waals surface area contributed by atoms with Crippen molar-refractivity contribution >= 4 is 34.8 Å². The molecule has 1 aliphatic rings. The van der Waals surface area contributed by atoms with E-state index in [-0.39, 0.29) is 42.1 Å². The summed E-state index contributed by atoms with van der Waals surface area (Å²) in [5.41, 5.74) is 11.5. The molecule has 1 aromatic rings.